The maximum absolute atomic E-state index is 11.8. The van der Waals surface area contributed by atoms with E-state index >= 15 is 0 Å². The highest BCUT2D eigenvalue weighted by molar-refractivity contribution is 6.31. The van der Waals surface area contributed by atoms with Crippen molar-refractivity contribution in [3.05, 3.63) is 63.5 Å². The fourth-order valence-corrected chi connectivity index (χ4v) is 2.03. The number of hydrogen-bond acceptors (Lipinski definition) is 4. The molecule has 1 aromatic heterocycles. The summed E-state index contributed by atoms with van der Waals surface area (Å²) < 4.78 is 6.06. The standard InChI is InChI=1S/C16H15ClN2O4/c1-11-12(17)5-4-6-13(11)18-14(20)10-23-16(22)9-19-8-3-2-7-15(19)21/h2-8H,9-10H2,1H3,(H,18,20). The number of nitrogens with zero attached hydrogens (tertiary/aromatic N) is 1. The van der Waals surface area contributed by atoms with Crippen molar-refractivity contribution in [3.63, 3.8) is 0 Å². The van der Waals surface area contributed by atoms with Crippen molar-refractivity contribution < 1.29 is 14.3 Å². The average molecular weight is 335 g/mol. The number of amides is 1. The van der Waals surface area contributed by atoms with Gasteiger partial charge < -0.3 is 14.6 Å². The number of aromatic nitrogens is 1. The van der Waals surface area contributed by atoms with Crippen molar-refractivity contribution in [2.75, 3.05) is 11.9 Å². The Balaban J connectivity index is 1.87. The molecule has 0 bridgehead atoms. The lowest BCUT2D eigenvalue weighted by Gasteiger charge is -2.10. The minimum atomic E-state index is -0.670. The molecule has 1 N–H and O–H groups in total. The SMILES string of the molecule is Cc1c(Cl)cccc1NC(=O)COC(=O)Cn1ccccc1=O. The van der Waals surface area contributed by atoms with Crippen LogP contribution in [0.4, 0.5) is 5.69 Å². The lowest BCUT2D eigenvalue weighted by molar-refractivity contribution is -0.147. The average Bonchev–Trinajstić information content (AvgIpc) is 2.52. The van der Waals surface area contributed by atoms with Crippen molar-refractivity contribution in [2.24, 2.45) is 0 Å². The Labute approximate surface area is 137 Å². The smallest absolute Gasteiger partial charge is 0.326 e. The number of carbonyl (C=O) groups is 2. The molecule has 7 heteroatoms. The maximum Gasteiger partial charge on any atom is 0.326 e. The van der Waals surface area contributed by atoms with Crippen molar-refractivity contribution in [3.8, 4) is 0 Å². The van der Waals surface area contributed by atoms with Gasteiger partial charge in [-0.2, -0.15) is 0 Å². The molecule has 0 aliphatic carbocycles. The molecule has 0 aliphatic rings. The van der Waals surface area contributed by atoms with E-state index in [9.17, 15) is 14.4 Å². The molecule has 1 amide bonds. The molecule has 2 rings (SSSR count). The first kappa shape index (κ1) is 16.8. The Kier molecular flexibility index (Phi) is 5.54. The fourth-order valence-electron chi connectivity index (χ4n) is 1.85. The van der Waals surface area contributed by atoms with E-state index in [1.165, 1.54) is 16.8 Å². The molecular weight excluding hydrogens is 320 g/mol. The molecule has 0 radical (unpaired) electrons. The van der Waals surface area contributed by atoms with Crippen LogP contribution in [0.2, 0.25) is 5.02 Å². The van der Waals surface area contributed by atoms with Crippen LogP contribution in [0.3, 0.4) is 0 Å². The van der Waals surface area contributed by atoms with Crippen molar-refractivity contribution in [1.29, 1.82) is 0 Å². The number of ether oxygens (including phenoxy) is 1. The zero-order valence-electron chi connectivity index (χ0n) is 12.4. The molecular formula is C16H15ClN2O4. The Morgan fingerprint density at radius 1 is 1.22 bits per heavy atom. The van der Waals surface area contributed by atoms with E-state index in [0.29, 0.717) is 10.7 Å². The van der Waals surface area contributed by atoms with Gasteiger partial charge in [0, 0.05) is 23.0 Å². The summed E-state index contributed by atoms with van der Waals surface area (Å²) in [5.74, 6) is -1.15. The molecule has 120 valence electrons. The third-order valence-corrected chi connectivity index (χ3v) is 3.51. The topological polar surface area (TPSA) is 77.4 Å². The Morgan fingerprint density at radius 3 is 2.74 bits per heavy atom. The Hall–Kier alpha value is -2.60. The van der Waals surface area contributed by atoms with Gasteiger partial charge in [0.1, 0.15) is 6.54 Å². The van der Waals surface area contributed by atoms with Crippen LogP contribution in [0.1, 0.15) is 5.56 Å². The van der Waals surface area contributed by atoms with Crippen LogP contribution in [0.5, 0.6) is 0 Å². The van der Waals surface area contributed by atoms with Gasteiger partial charge in [0.05, 0.1) is 0 Å². The molecule has 23 heavy (non-hydrogen) atoms. The first-order valence-corrected chi connectivity index (χ1v) is 7.21. The number of pyridine rings is 1. The van der Waals surface area contributed by atoms with Crippen LogP contribution >= 0.6 is 11.6 Å². The predicted octanol–water partition coefficient (Wildman–Crippen LogP) is 1.99. The molecule has 0 fully saturated rings. The maximum atomic E-state index is 11.8. The second-order valence-corrected chi connectivity index (χ2v) is 5.20. The molecule has 2 aromatic rings. The zero-order valence-corrected chi connectivity index (χ0v) is 13.2. The predicted molar refractivity (Wildman–Crippen MR) is 86.5 cm³/mol. The fraction of sp³-hybridized carbons (Fsp3) is 0.188. The van der Waals surface area contributed by atoms with Crippen LogP contribution in [0.25, 0.3) is 0 Å². The number of esters is 1. The van der Waals surface area contributed by atoms with E-state index in [0.717, 1.165) is 5.56 Å². The van der Waals surface area contributed by atoms with Crippen LogP contribution < -0.4 is 10.9 Å². The highest BCUT2D eigenvalue weighted by atomic mass is 35.5. The summed E-state index contributed by atoms with van der Waals surface area (Å²) in [6.45, 7) is 1.08. The summed E-state index contributed by atoms with van der Waals surface area (Å²) >= 11 is 5.96. The molecule has 0 saturated heterocycles. The summed E-state index contributed by atoms with van der Waals surface area (Å²) in [6.07, 6.45) is 1.47. The summed E-state index contributed by atoms with van der Waals surface area (Å²) in [4.78, 5) is 34.9. The molecule has 1 aromatic carbocycles. The minimum absolute atomic E-state index is 0.247. The quantitative estimate of drug-likeness (QED) is 0.848. The van der Waals surface area contributed by atoms with Crippen LogP contribution in [0, 0.1) is 6.92 Å². The zero-order chi connectivity index (χ0) is 16.8. The van der Waals surface area contributed by atoms with Gasteiger partial charge in [0.15, 0.2) is 6.61 Å². The Bertz CT molecular complexity index is 786. The lowest BCUT2D eigenvalue weighted by Crippen LogP contribution is -2.27. The number of rotatable bonds is 5. The number of anilines is 1. The molecule has 0 aliphatic heterocycles. The van der Waals surface area contributed by atoms with Gasteiger partial charge in [-0.05, 0) is 30.7 Å². The van der Waals surface area contributed by atoms with Gasteiger partial charge >= 0.3 is 5.97 Å². The number of halogens is 1. The van der Waals surface area contributed by atoms with Gasteiger partial charge in [-0.3, -0.25) is 14.4 Å². The number of hydrogen-bond donors (Lipinski definition) is 1. The van der Waals surface area contributed by atoms with Crippen LogP contribution in [0.15, 0.2) is 47.4 Å². The number of nitrogens with one attached hydrogen (secondary N) is 1. The molecule has 0 unspecified atom stereocenters. The Morgan fingerprint density at radius 2 is 2.00 bits per heavy atom. The highest BCUT2D eigenvalue weighted by Crippen LogP contribution is 2.22. The van der Waals surface area contributed by atoms with E-state index in [2.05, 4.69) is 5.32 Å². The molecule has 0 atom stereocenters. The van der Waals surface area contributed by atoms with Gasteiger partial charge in [0.25, 0.3) is 11.5 Å². The molecule has 1 heterocycles. The number of benzene rings is 1. The third kappa shape index (κ3) is 4.69. The minimum Gasteiger partial charge on any atom is -0.454 e. The van der Waals surface area contributed by atoms with E-state index in [-0.39, 0.29) is 12.1 Å². The summed E-state index contributed by atoms with van der Waals surface area (Å²) in [7, 11) is 0. The second-order valence-electron chi connectivity index (χ2n) is 4.79. The van der Waals surface area contributed by atoms with E-state index < -0.39 is 18.5 Å². The van der Waals surface area contributed by atoms with E-state index in [1.54, 1.807) is 37.3 Å². The van der Waals surface area contributed by atoms with Gasteiger partial charge in [0.2, 0.25) is 0 Å². The normalized spacial score (nSPS) is 10.2. The largest absolute Gasteiger partial charge is 0.454 e. The first-order chi connectivity index (χ1) is 11.0. The summed E-state index contributed by atoms with van der Waals surface area (Å²) in [5, 5.41) is 3.14. The van der Waals surface area contributed by atoms with E-state index in [1.807, 2.05) is 0 Å². The van der Waals surface area contributed by atoms with Crippen molar-refractivity contribution in [2.45, 2.75) is 13.5 Å². The monoisotopic (exact) mass is 334 g/mol. The number of carbonyl (C=O) groups excluding carboxylic acids is 2. The lowest BCUT2D eigenvalue weighted by atomic mass is 10.2. The summed E-state index contributed by atoms with van der Waals surface area (Å²) in [5.41, 5.74) is 0.964. The highest BCUT2D eigenvalue weighted by Gasteiger charge is 2.11. The summed E-state index contributed by atoms with van der Waals surface area (Å²) in [6, 6.07) is 9.66. The third-order valence-electron chi connectivity index (χ3n) is 3.10. The van der Waals surface area contributed by atoms with Gasteiger partial charge in [-0.15, -0.1) is 0 Å². The molecule has 0 spiro atoms. The second kappa shape index (κ2) is 7.60. The first-order valence-electron chi connectivity index (χ1n) is 6.83. The molecule has 0 saturated carbocycles. The van der Waals surface area contributed by atoms with Gasteiger partial charge in [-0.25, -0.2) is 0 Å². The van der Waals surface area contributed by atoms with Crippen molar-refractivity contribution in [1.82, 2.24) is 4.57 Å². The van der Waals surface area contributed by atoms with Crippen molar-refractivity contribution >= 4 is 29.2 Å². The van der Waals surface area contributed by atoms with Gasteiger partial charge in [-0.1, -0.05) is 23.7 Å². The van der Waals surface area contributed by atoms with Crippen LogP contribution in [-0.4, -0.2) is 23.1 Å². The van der Waals surface area contributed by atoms with Crippen LogP contribution in [-0.2, 0) is 20.9 Å². The molecule has 6 nitrogen and oxygen atoms in total. The van der Waals surface area contributed by atoms with E-state index in [4.69, 9.17) is 16.3 Å².